The van der Waals surface area contributed by atoms with Gasteiger partial charge in [-0.1, -0.05) is 30.3 Å². The van der Waals surface area contributed by atoms with Crippen molar-refractivity contribution in [2.75, 3.05) is 0 Å². The van der Waals surface area contributed by atoms with Gasteiger partial charge in [-0.3, -0.25) is 4.79 Å². The number of nitrogens with zero attached hydrogens (tertiary/aromatic N) is 3. The number of nitriles is 2. The van der Waals surface area contributed by atoms with Gasteiger partial charge in [-0.15, -0.1) is 0 Å². The third-order valence-electron chi connectivity index (χ3n) is 2.56. The molecule has 92 valence electrons. The molecule has 2 rings (SSSR count). The van der Waals surface area contributed by atoms with E-state index in [1.807, 2.05) is 0 Å². The first-order valence-electron chi connectivity index (χ1n) is 5.32. The molecule has 1 atom stereocenters. The van der Waals surface area contributed by atoms with Crippen molar-refractivity contribution in [3.63, 3.8) is 0 Å². The third kappa shape index (κ3) is 2.96. The number of H-pyrrole nitrogens is 1. The van der Waals surface area contributed by atoms with Gasteiger partial charge in [-0.2, -0.15) is 15.6 Å². The molecule has 1 unspecified atom stereocenters. The first-order valence-corrected chi connectivity index (χ1v) is 5.32. The molecule has 0 aliphatic rings. The minimum Gasteiger partial charge on any atom is -0.837 e. The van der Waals surface area contributed by atoms with Crippen LogP contribution in [-0.4, -0.2) is 10.2 Å². The molecular weight excluding hydrogens is 267 g/mol. The maximum Gasteiger partial charge on any atom is 1.00 e. The Morgan fingerprint density at radius 1 is 1.25 bits per heavy atom. The molecule has 0 amide bonds. The quantitative estimate of drug-likeness (QED) is 0.595. The number of hydrogen-bond donors (Lipinski definition) is 1. The van der Waals surface area contributed by atoms with Crippen molar-refractivity contribution in [3.05, 3.63) is 51.8 Å². The fraction of sp³-hybridized carbons (Fsp3) is 0.0769. The van der Waals surface area contributed by atoms with E-state index in [4.69, 9.17) is 10.5 Å². The first-order chi connectivity index (χ1) is 9.19. The second kappa shape index (κ2) is 6.99. The van der Waals surface area contributed by atoms with Gasteiger partial charge in [0.2, 0.25) is 0 Å². The second-order valence-electron chi connectivity index (χ2n) is 3.68. The van der Waals surface area contributed by atoms with Crippen molar-refractivity contribution < 1.29 is 34.7 Å². The van der Waals surface area contributed by atoms with Crippen LogP contribution in [0.4, 0.5) is 0 Å². The van der Waals surface area contributed by atoms with E-state index >= 15 is 0 Å². The molecule has 1 aromatic heterocycles. The predicted octanol–water partition coefficient (Wildman–Crippen LogP) is -2.76. The fourth-order valence-corrected chi connectivity index (χ4v) is 1.71. The zero-order chi connectivity index (χ0) is 13.8. The summed E-state index contributed by atoms with van der Waals surface area (Å²) >= 11 is 0. The number of aromatic nitrogens is 2. The first kappa shape index (κ1) is 16.1. The topological polar surface area (TPSA) is 116 Å². The maximum absolute atomic E-state index is 11.7. The van der Waals surface area contributed by atoms with E-state index in [0.717, 1.165) is 0 Å². The van der Waals surface area contributed by atoms with Crippen LogP contribution in [0.25, 0.3) is 11.3 Å². The monoisotopic (exact) mass is 274 g/mol. The van der Waals surface area contributed by atoms with E-state index < -0.39 is 11.7 Å². The molecule has 1 aromatic carbocycles. The van der Waals surface area contributed by atoms with Crippen LogP contribution in [0.3, 0.4) is 0 Å². The molecule has 0 radical (unpaired) electrons. The fourth-order valence-electron chi connectivity index (χ4n) is 1.71. The van der Waals surface area contributed by atoms with Crippen molar-refractivity contribution in [1.29, 1.82) is 10.5 Å². The summed E-state index contributed by atoms with van der Waals surface area (Å²) in [7, 11) is 0. The van der Waals surface area contributed by atoms with E-state index in [1.165, 1.54) is 6.07 Å². The Morgan fingerprint density at radius 2 is 1.90 bits per heavy atom. The predicted molar refractivity (Wildman–Crippen MR) is 63.4 cm³/mol. The van der Waals surface area contributed by atoms with E-state index in [9.17, 15) is 9.90 Å². The molecular formula is C13H7N4NaO2. The third-order valence-corrected chi connectivity index (χ3v) is 2.56. The Balaban J connectivity index is 0.00000200. The number of hydrogen-bond acceptors (Lipinski definition) is 5. The minimum atomic E-state index is -1.83. The largest absolute Gasteiger partial charge is 1.00 e. The summed E-state index contributed by atoms with van der Waals surface area (Å²) < 4.78 is 0. The van der Waals surface area contributed by atoms with Gasteiger partial charge in [0.25, 0.3) is 5.56 Å². The molecule has 1 heterocycles. The summed E-state index contributed by atoms with van der Waals surface area (Å²) in [5.41, 5.74) is -0.608. The van der Waals surface area contributed by atoms with Gasteiger partial charge in [-0.05, 0) is 6.10 Å². The summed E-state index contributed by atoms with van der Waals surface area (Å²) in [5, 5.41) is 35.4. The Labute approximate surface area is 136 Å². The molecule has 0 aliphatic carbocycles. The molecule has 1 N–H and O–H groups in total. The van der Waals surface area contributed by atoms with Crippen molar-refractivity contribution in [2.45, 2.75) is 6.10 Å². The molecule has 0 saturated carbocycles. The zero-order valence-corrected chi connectivity index (χ0v) is 12.6. The van der Waals surface area contributed by atoms with Crippen LogP contribution >= 0.6 is 0 Å². The summed E-state index contributed by atoms with van der Waals surface area (Å²) in [5.74, 6) is 0. The Morgan fingerprint density at radius 3 is 2.45 bits per heavy atom. The van der Waals surface area contributed by atoms with Gasteiger partial charge in [0.1, 0.15) is 11.6 Å². The molecule has 0 bridgehead atoms. The van der Waals surface area contributed by atoms with Crippen LogP contribution in [0.2, 0.25) is 0 Å². The van der Waals surface area contributed by atoms with E-state index in [2.05, 4.69) is 10.2 Å². The summed E-state index contributed by atoms with van der Waals surface area (Å²) in [6.45, 7) is 0. The zero-order valence-electron chi connectivity index (χ0n) is 10.6. The maximum atomic E-state index is 11.7. The molecule has 0 fully saturated rings. The number of aromatic amines is 1. The number of nitrogens with one attached hydrogen (secondary N) is 1. The normalized spacial score (nSPS) is 10.8. The molecule has 20 heavy (non-hydrogen) atoms. The van der Waals surface area contributed by atoms with Crippen LogP contribution in [0.15, 0.2) is 35.1 Å². The smallest absolute Gasteiger partial charge is 0.837 e. The molecule has 7 heteroatoms. The minimum absolute atomic E-state index is 0. The van der Waals surface area contributed by atoms with E-state index in [-0.39, 0.29) is 46.4 Å². The Bertz CT molecular complexity index is 744. The van der Waals surface area contributed by atoms with Crippen molar-refractivity contribution in [2.24, 2.45) is 0 Å². The summed E-state index contributed by atoms with van der Waals surface area (Å²) in [6.07, 6.45) is -1.83. The molecule has 0 spiro atoms. The summed E-state index contributed by atoms with van der Waals surface area (Å²) in [6, 6.07) is 11.7. The van der Waals surface area contributed by atoms with Crippen molar-refractivity contribution in [1.82, 2.24) is 10.2 Å². The number of rotatable bonds is 2. The van der Waals surface area contributed by atoms with Crippen molar-refractivity contribution in [3.8, 4) is 23.4 Å². The van der Waals surface area contributed by atoms with Gasteiger partial charge in [0.15, 0.2) is 0 Å². The average Bonchev–Trinajstić information content (AvgIpc) is 2.47. The Kier molecular flexibility index (Phi) is 5.63. The second-order valence-corrected chi connectivity index (χ2v) is 3.68. The van der Waals surface area contributed by atoms with Crippen molar-refractivity contribution >= 4 is 0 Å². The molecule has 0 aliphatic heterocycles. The van der Waals surface area contributed by atoms with Gasteiger partial charge >= 0.3 is 29.6 Å². The molecule has 2 aromatic rings. The van der Waals surface area contributed by atoms with Gasteiger partial charge < -0.3 is 5.11 Å². The van der Waals surface area contributed by atoms with Gasteiger partial charge in [0, 0.05) is 11.1 Å². The van der Waals surface area contributed by atoms with Crippen LogP contribution in [-0.2, 0) is 0 Å². The SMILES string of the molecule is N#Cc1c(C([O-])C#N)c(-c2ccccc2)n[nH]c1=O.[Na+]. The van der Waals surface area contributed by atoms with Gasteiger partial charge in [-0.25, -0.2) is 5.10 Å². The average molecular weight is 274 g/mol. The van der Waals surface area contributed by atoms with Crippen LogP contribution in [0, 0.1) is 22.7 Å². The standard InChI is InChI=1S/C13H7N4O2.Na/c14-6-9-11(10(18)7-15)12(16-17-13(9)19)8-4-2-1-3-5-8;/h1-5,10H,(H,17,19);/q-1;+1. The molecule has 6 nitrogen and oxygen atoms in total. The Hall–Kier alpha value is -1.96. The van der Waals surface area contributed by atoms with Crippen LogP contribution in [0.5, 0.6) is 0 Å². The number of benzene rings is 1. The van der Waals surface area contributed by atoms with Crippen LogP contribution < -0.4 is 40.2 Å². The van der Waals surface area contributed by atoms with Gasteiger partial charge in [0.05, 0.1) is 11.8 Å². The van der Waals surface area contributed by atoms with Crippen LogP contribution in [0.1, 0.15) is 17.2 Å². The molecule has 0 saturated heterocycles. The van der Waals surface area contributed by atoms with E-state index in [0.29, 0.717) is 5.56 Å². The summed E-state index contributed by atoms with van der Waals surface area (Å²) in [4.78, 5) is 11.5. The van der Waals surface area contributed by atoms with E-state index in [1.54, 1.807) is 36.4 Å².